The fourth-order valence-corrected chi connectivity index (χ4v) is 2.43. The van der Waals surface area contributed by atoms with E-state index in [4.69, 9.17) is 15.6 Å². The zero-order chi connectivity index (χ0) is 15.2. The lowest BCUT2D eigenvalue weighted by atomic mass is 10.4. The van der Waals surface area contributed by atoms with Crippen molar-refractivity contribution in [1.82, 2.24) is 10.3 Å². The second kappa shape index (κ2) is 7.38. The Morgan fingerprint density at radius 2 is 2.15 bits per heavy atom. The van der Waals surface area contributed by atoms with E-state index in [1.165, 1.54) is 0 Å². The smallest absolute Gasteiger partial charge is 0.265 e. The summed E-state index contributed by atoms with van der Waals surface area (Å²) in [5.41, 5.74) is 5.63. The molecule has 114 valence electrons. The van der Waals surface area contributed by atoms with Gasteiger partial charge in [-0.3, -0.25) is 4.79 Å². The molecule has 0 radical (unpaired) electrons. The van der Waals surface area contributed by atoms with Gasteiger partial charge in [0, 0.05) is 20.2 Å². The maximum Gasteiger partial charge on any atom is 0.265 e. The van der Waals surface area contributed by atoms with Crippen molar-refractivity contribution in [3.8, 4) is 0 Å². The summed E-state index contributed by atoms with van der Waals surface area (Å²) >= 11 is 1.08. The van der Waals surface area contributed by atoms with Crippen molar-refractivity contribution in [2.24, 2.45) is 5.14 Å². The zero-order valence-corrected chi connectivity index (χ0v) is 12.5. The highest BCUT2D eigenvalue weighted by molar-refractivity contribution is 7.89. The molecule has 0 saturated carbocycles. The normalized spacial score (nSPS) is 11.3. The van der Waals surface area contributed by atoms with Crippen LogP contribution in [0.2, 0.25) is 0 Å². The number of thiazole rings is 1. The molecule has 0 atom stereocenters. The van der Waals surface area contributed by atoms with E-state index in [-0.39, 0.29) is 23.0 Å². The summed E-state index contributed by atoms with van der Waals surface area (Å²) in [7, 11) is -2.03. The van der Waals surface area contributed by atoms with Gasteiger partial charge in [0.25, 0.3) is 5.91 Å². The number of methoxy groups -OCH3 is 1. The van der Waals surface area contributed by atoms with Gasteiger partial charge in [0.05, 0.1) is 12.4 Å². The number of hydrogen-bond acceptors (Lipinski definition) is 8. The average Bonchev–Trinajstić information content (AvgIpc) is 2.69. The van der Waals surface area contributed by atoms with Crippen molar-refractivity contribution >= 4 is 38.2 Å². The number of hydrogen-bond donors (Lipinski definition) is 4. The van der Waals surface area contributed by atoms with Gasteiger partial charge in [-0.15, -0.1) is 0 Å². The number of anilines is 2. The fraction of sp³-hybridized carbons (Fsp3) is 0.556. The zero-order valence-electron chi connectivity index (χ0n) is 10.9. The van der Waals surface area contributed by atoms with E-state index in [0.29, 0.717) is 18.3 Å². The number of carbonyl (C=O) groups is 1. The van der Waals surface area contributed by atoms with Crippen LogP contribution in [0.5, 0.6) is 0 Å². The van der Waals surface area contributed by atoms with Crippen LogP contribution in [0.25, 0.3) is 0 Å². The first kappa shape index (κ1) is 16.6. The molecule has 0 bridgehead atoms. The second-order valence-electron chi connectivity index (χ2n) is 3.78. The van der Waals surface area contributed by atoms with Gasteiger partial charge < -0.3 is 21.1 Å². The van der Waals surface area contributed by atoms with Crippen LogP contribution in [0, 0.1) is 0 Å². The number of nitrogens with two attached hydrogens (primary N) is 2. The molecule has 0 unspecified atom stereocenters. The van der Waals surface area contributed by atoms with Crippen molar-refractivity contribution in [1.29, 1.82) is 0 Å². The third-order valence-corrected chi connectivity index (χ3v) is 3.91. The molecule has 11 heteroatoms. The number of nitrogen functional groups attached to an aromatic ring is 1. The van der Waals surface area contributed by atoms with E-state index in [9.17, 15) is 13.2 Å². The molecular formula is C9H17N5O4S2. The molecule has 0 aliphatic rings. The SMILES string of the molecule is COCCNc1nc(N)c(C(=O)NCCS(N)(=O)=O)s1. The molecule has 0 aliphatic heterocycles. The summed E-state index contributed by atoms with van der Waals surface area (Å²) < 4.78 is 26.3. The molecule has 0 aromatic carbocycles. The summed E-state index contributed by atoms with van der Waals surface area (Å²) in [5.74, 6) is -0.734. The number of nitrogens with zero attached hydrogens (tertiary/aromatic N) is 1. The molecule has 1 amide bonds. The van der Waals surface area contributed by atoms with Crippen LogP contribution >= 0.6 is 11.3 Å². The van der Waals surface area contributed by atoms with Gasteiger partial charge in [0.1, 0.15) is 10.7 Å². The lowest BCUT2D eigenvalue weighted by molar-refractivity contribution is 0.0961. The lowest BCUT2D eigenvalue weighted by Gasteiger charge is -2.02. The molecule has 0 fully saturated rings. The van der Waals surface area contributed by atoms with Crippen LogP contribution in [-0.4, -0.2) is 51.9 Å². The van der Waals surface area contributed by atoms with Gasteiger partial charge in [0.15, 0.2) is 5.13 Å². The largest absolute Gasteiger partial charge is 0.383 e. The number of sulfonamides is 1. The predicted molar refractivity (Wildman–Crippen MR) is 77.2 cm³/mol. The summed E-state index contributed by atoms with van der Waals surface area (Å²) in [6.07, 6.45) is 0. The van der Waals surface area contributed by atoms with E-state index in [2.05, 4.69) is 15.6 Å². The standard InChI is InChI=1S/C9H17N5O4S2/c1-18-4-2-13-9-14-7(10)6(19-9)8(15)12-3-5-20(11,16)17/h2-5,10H2,1H3,(H,12,15)(H,13,14)(H2,11,16,17). The lowest BCUT2D eigenvalue weighted by Crippen LogP contribution is -2.31. The van der Waals surface area contributed by atoms with Crippen LogP contribution < -0.4 is 21.5 Å². The van der Waals surface area contributed by atoms with Crippen molar-refractivity contribution in [3.05, 3.63) is 4.88 Å². The van der Waals surface area contributed by atoms with Gasteiger partial charge in [-0.1, -0.05) is 11.3 Å². The molecule has 6 N–H and O–H groups in total. The molecule has 20 heavy (non-hydrogen) atoms. The summed E-state index contributed by atoms with van der Waals surface area (Å²) in [4.78, 5) is 16.0. The van der Waals surface area contributed by atoms with E-state index in [1.54, 1.807) is 7.11 Å². The van der Waals surface area contributed by atoms with Crippen molar-refractivity contribution < 1.29 is 17.9 Å². The Balaban J connectivity index is 2.55. The summed E-state index contributed by atoms with van der Waals surface area (Å²) in [6, 6.07) is 0. The van der Waals surface area contributed by atoms with E-state index in [1.807, 2.05) is 0 Å². The first-order chi connectivity index (χ1) is 9.33. The quantitative estimate of drug-likeness (QED) is 0.439. The summed E-state index contributed by atoms with van der Waals surface area (Å²) in [5, 5.41) is 10.7. The van der Waals surface area contributed by atoms with E-state index >= 15 is 0 Å². The molecule has 1 aromatic rings. The van der Waals surface area contributed by atoms with Crippen LogP contribution in [0.1, 0.15) is 9.67 Å². The number of ether oxygens (including phenoxy) is 1. The fourth-order valence-electron chi connectivity index (χ4n) is 1.22. The minimum atomic E-state index is -3.61. The first-order valence-electron chi connectivity index (χ1n) is 5.61. The minimum Gasteiger partial charge on any atom is -0.383 e. The third kappa shape index (κ3) is 5.69. The molecule has 0 saturated heterocycles. The summed E-state index contributed by atoms with van der Waals surface area (Å²) in [6.45, 7) is 0.951. The Morgan fingerprint density at radius 3 is 2.75 bits per heavy atom. The van der Waals surface area contributed by atoms with Crippen LogP contribution in [-0.2, 0) is 14.8 Å². The molecule has 0 aliphatic carbocycles. The van der Waals surface area contributed by atoms with E-state index < -0.39 is 15.9 Å². The molecular weight excluding hydrogens is 306 g/mol. The van der Waals surface area contributed by atoms with Gasteiger partial charge in [-0.25, -0.2) is 18.5 Å². The third-order valence-electron chi connectivity index (χ3n) is 2.11. The molecule has 1 rings (SSSR count). The molecule has 0 spiro atoms. The first-order valence-corrected chi connectivity index (χ1v) is 8.14. The van der Waals surface area contributed by atoms with Crippen LogP contribution in [0.3, 0.4) is 0 Å². The van der Waals surface area contributed by atoms with Gasteiger partial charge in [-0.2, -0.15) is 0 Å². The molecule has 1 heterocycles. The number of aromatic nitrogens is 1. The van der Waals surface area contributed by atoms with Gasteiger partial charge in [0.2, 0.25) is 10.0 Å². The van der Waals surface area contributed by atoms with Gasteiger partial charge >= 0.3 is 0 Å². The van der Waals surface area contributed by atoms with Crippen LogP contribution in [0.15, 0.2) is 0 Å². The van der Waals surface area contributed by atoms with Crippen molar-refractivity contribution in [3.63, 3.8) is 0 Å². The Bertz CT molecular complexity index is 557. The number of rotatable bonds is 8. The van der Waals surface area contributed by atoms with Crippen LogP contribution in [0.4, 0.5) is 10.9 Å². The maximum absolute atomic E-state index is 11.8. The molecule has 9 nitrogen and oxygen atoms in total. The molecule has 1 aromatic heterocycles. The topological polar surface area (TPSA) is 149 Å². The monoisotopic (exact) mass is 323 g/mol. The Labute approximate surface area is 120 Å². The predicted octanol–water partition coefficient (Wildman–Crippen LogP) is -1.20. The Morgan fingerprint density at radius 1 is 1.45 bits per heavy atom. The number of amides is 1. The van der Waals surface area contributed by atoms with Crippen molar-refractivity contribution in [2.75, 3.05) is 43.6 Å². The number of carbonyl (C=O) groups excluding carboxylic acids is 1. The second-order valence-corrected chi connectivity index (χ2v) is 6.51. The Kier molecular flexibility index (Phi) is 6.13. The highest BCUT2D eigenvalue weighted by Gasteiger charge is 2.16. The Hall–Kier alpha value is -1.43. The maximum atomic E-state index is 11.8. The minimum absolute atomic E-state index is 0.0819. The van der Waals surface area contributed by atoms with Crippen molar-refractivity contribution in [2.45, 2.75) is 0 Å². The number of nitrogens with one attached hydrogen (secondary N) is 2. The average molecular weight is 323 g/mol. The van der Waals surface area contributed by atoms with E-state index in [0.717, 1.165) is 11.3 Å². The highest BCUT2D eigenvalue weighted by atomic mass is 32.2. The van der Waals surface area contributed by atoms with Gasteiger partial charge in [-0.05, 0) is 0 Å². The number of primary sulfonamides is 1. The highest BCUT2D eigenvalue weighted by Crippen LogP contribution is 2.24.